The average molecular weight is 410 g/mol. The van der Waals surface area contributed by atoms with Gasteiger partial charge in [0.15, 0.2) is 0 Å². The van der Waals surface area contributed by atoms with Crippen LogP contribution in [-0.2, 0) is 16.1 Å². The van der Waals surface area contributed by atoms with E-state index in [-0.39, 0.29) is 24.5 Å². The number of hydrogen-bond acceptors (Lipinski definition) is 6. The highest BCUT2D eigenvalue weighted by Gasteiger charge is 2.49. The maximum Gasteiger partial charge on any atom is 0.410 e. The summed E-state index contributed by atoms with van der Waals surface area (Å²) in [5.41, 5.74) is 0.831. The molecule has 0 radical (unpaired) electrons. The Bertz CT molecular complexity index is 875. The van der Waals surface area contributed by atoms with Crippen LogP contribution in [-0.4, -0.2) is 41.5 Å². The third-order valence-electron chi connectivity index (χ3n) is 4.12. The summed E-state index contributed by atoms with van der Waals surface area (Å²) in [4.78, 5) is 29.8. The molecular weight excluding hydrogens is 393 g/mol. The zero-order chi connectivity index (χ0) is 20.3. The van der Waals surface area contributed by atoms with Gasteiger partial charge in [-0.25, -0.2) is 14.2 Å². The molecule has 0 bridgehead atoms. The molecule has 2 N–H and O–H groups in total. The maximum absolute atomic E-state index is 13.3. The molecule has 1 fully saturated rings. The molecule has 8 nitrogen and oxygen atoms in total. The van der Waals surface area contributed by atoms with E-state index in [2.05, 4.69) is 10.3 Å². The lowest BCUT2D eigenvalue weighted by atomic mass is 10.2. The topological polar surface area (TPSA) is 101 Å². The van der Waals surface area contributed by atoms with Crippen LogP contribution in [0.1, 0.15) is 12.0 Å². The van der Waals surface area contributed by atoms with Gasteiger partial charge < -0.3 is 24.8 Å². The predicted molar refractivity (Wildman–Crippen MR) is 97.4 cm³/mol. The fourth-order valence-electron chi connectivity index (χ4n) is 2.75. The molecule has 1 unspecified atom stereocenters. The number of carbonyl (C=O) groups excluding carboxylic acids is 2. The number of anilines is 1. The Balaban J connectivity index is 1.61. The number of ether oxygens (including phenoxy) is 2. The van der Waals surface area contributed by atoms with Crippen molar-refractivity contribution in [2.75, 3.05) is 18.6 Å². The van der Waals surface area contributed by atoms with E-state index in [4.69, 9.17) is 21.1 Å². The predicted octanol–water partition coefficient (Wildman–Crippen LogP) is 2.23. The minimum Gasteiger partial charge on any atom is -0.481 e. The number of amides is 2. The molecule has 1 aromatic carbocycles. The number of nitrogens with one attached hydrogen (secondary N) is 1. The van der Waals surface area contributed by atoms with Gasteiger partial charge in [-0.1, -0.05) is 11.6 Å². The lowest BCUT2D eigenvalue weighted by Crippen LogP contribution is -2.46. The number of hydrogen-bond donors (Lipinski definition) is 2. The van der Waals surface area contributed by atoms with Crippen molar-refractivity contribution in [3.8, 4) is 5.88 Å². The van der Waals surface area contributed by atoms with Crippen LogP contribution < -0.4 is 15.0 Å². The van der Waals surface area contributed by atoms with Crippen molar-refractivity contribution in [2.45, 2.75) is 18.8 Å². The van der Waals surface area contributed by atoms with Gasteiger partial charge in [-0.05, 0) is 29.8 Å². The van der Waals surface area contributed by atoms with E-state index in [9.17, 15) is 19.1 Å². The Morgan fingerprint density at radius 2 is 2.21 bits per heavy atom. The van der Waals surface area contributed by atoms with Gasteiger partial charge in [-0.15, -0.1) is 0 Å². The zero-order valence-electron chi connectivity index (χ0n) is 14.8. The standard InChI is InChI=1S/C18H17ClFN3O5/c1-27-15-3-2-14(10-21-15)23-5-4-18(26,16(23)24)28-17(25)22-9-11-6-12(19)8-13(20)7-11/h2-3,6-8,10,26H,4-5,9H2,1H3,(H,22,25). The van der Waals surface area contributed by atoms with Crippen LogP contribution in [0.4, 0.5) is 14.9 Å². The van der Waals surface area contributed by atoms with Crippen molar-refractivity contribution < 1.29 is 28.6 Å². The van der Waals surface area contributed by atoms with Crippen LogP contribution in [0.2, 0.25) is 5.02 Å². The number of nitrogens with zero attached hydrogens (tertiary/aromatic N) is 2. The van der Waals surface area contributed by atoms with E-state index in [0.717, 1.165) is 6.07 Å². The highest BCUT2D eigenvalue weighted by atomic mass is 35.5. The summed E-state index contributed by atoms with van der Waals surface area (Å²) in [6, 6.07) is 6.96. The fraction of sp³-hybridized carbons (Fsp3) is 0.278. The molecule has 148 valence electrons. The van der Waals surface area contributed by atoms with Crippen LogP contribution in [0.5, 0.6) is 5.88 Å². The molecule has 1 aliphatic heterocycles. The van der Waals surface area contributed by atoms with Crippen LogP contribution in [0.15, 0.2) is 36.5 Å². The van der Waals surface area contributed by atoms with Gasteiger partial charge in [-0.2, -0.15) is 0 Å². The van der Waals surface area contributed by atoms with E-state index in [1.54, 1.807) is 12.1 Å². The normalized spacial score (nSPS) is 18.9. The molecule has 3 rings (SSSR count). The fourth-order valence-corrected chi connectivity index (χ4v) is 3.00. The first-order valence-corrected chi connectivity index (χ1v) is 8.65. The number of aromatic nitrogens is 1. The number of carbonyl (C=O) groups is 2. The number of methoxy groups -OCH3 is 1. The summed E-state index contributed by atoms with van der Waals surface area (Å²) >= 11 is 5.75. The average Bonchev–Trinajstić information content (AvgIpc) is 2.94. The Hall–Kier alpha value is -2.91. The molecule has 0 spiro atoms. The van der Waals surface area contributed by atoms with Gasteiger partial charge in [0.2, 0.25) is 5.88 Å². The van der Waals surface area contributed by atoms with Crippen molar-refractivity contribution in [1.29, 1.82) is 0 Å². The quantitative estimate of drug-likeness (QED) is 0.734. The van der Waals surface area contributed by atoms with Crippen LogP contribution in [0.3, 0.4) is 0 Å². The third kappa shape index (κ3) is 4.32. The van der Waals surface area contributed by atoms with Crippen molar-refractivity contribution in [1.82, 2.24) is 10.3 Å². The second-order valence-corrected chi connectivity index (χ2v) is 6.51. The first kappa shape index (κ1) is 19.8. The van der Waals surface area contributed by atoms with Crippen LogP contribution >= 0.6 is 11.6 Å². The molecule has 2 amide bonds. The van der Waals surface area contributed by atoms with Crippen LogP contribution in [0, 0.1) is 5.82 Å². The minimum absolute atomic E-state index is 0.0906. The summed E-state index contributed by atoms with van der Waals surface area (Å²) in [5, 5.41) is 13.0. The van der Waals surface area contributed by atoms with E-state index >= 15 is 0 Å². The highest BCUT2D eigenvalue weighted by molar-refractivity contribution is 6.30. The van der Waals surface area contributed by atoms with Crippen molar-refractivity contribution in [2.24, 2.45) is 0 Å². The lowest BCUT2D eigenvalue weighted by Gasteiger charge is -2.22. The molecule has 2 heterocycles. The Kier molecular flexibility index (Phi) is 5.66. The van der Waals surface area contributed by atoms with E-state index < -0.39 is 23.6 Å². The number of pyridine rings is 1. The van der Waals surface area contributed by atoms with Gasteiger partial charge in [0.05, 0.1) is 19.0 Å². The molecule has 1 saturated heterocycles. The van der Waals surface area contributed by atoms with Gasteiger partial charge in [-0.3, -0.25) is 4.79 Å². The molecule has 2 aromatic rings. The molecule has 0 aliphatic carbocycles. The SMILES string of the molecule is COc1ccc(N2CCC(O)(OC(=O)NCc3cc(F)cc(Cl)c3)C2=O)cn1. The number of rotatable bonds is 5. The van der Waals surface area contributed by atoms with Gasteiger partial charge in [0.1, 0.15) is 5.82 Å². The van der Waals surface area contributed by atoms with E-state index in [1.165, 1.54) is 30.3 Å². The third-order valence-corrected chi connectivity index (χ3v) is 4.33. The molecule has 0 saturated carbocycles. The summed E-state index contributed by atoms with van der Waals surface area (Å²) in [7, 11) is 1.46. The lowest BCUT2D eigenvalue weighted by molar-refractivity contribution is -0.175. The molecule has 1 aromatic heterocycles. The van der Waals surface area contributed by atoms with Gasteiger partial charge in [0.25, 0.3) is 11.7 Å². The van der Waals surface area contributed by atoms with Crippen LogP contribution in [0.25, 0.3) is 0 Å². The minimum atomic E-state index is -2.30. The summed E-state index contributed by atoms with van der Waals surface area (Å²) in [6.45, 7) is 0.0445. The monoisotopic (exact) mass is 409 g/mol. The van der Waals surface area contributed by atoms with Crippen molar-refractivity contribution >= 4 is 29.3 Å². The second-order valence-electron chi connectivity index (χ2n) is 6.07. The van der Waals surface area contributed by atoms with E-state index in [1.807, 2.05) is 0 Å². The van der Waals surface area contributed by atoms with E-state index in [0.29, 0.717) is 17.1 Å². The largest absolute Gasteiger partial charge is 0.481 e. The Labute approximate surface area is 164 Å². The summed E-state index contributed by atoms with van der Waals surface area (Å²) in [5.74, 6) is -3.27. The molecule has 1 atom stereocenters. The number of aliphatic hydroxyl groups is 1. The van der Waals surface area contributed by atoms with Crippen molar-refractivity contribution in [3.63, 3.8) is 0 Å². The van der Waals surface area contributed by atoms with Gasteiger partial charge in [0, 0.05) is 30.6 Å². The summed E-state index contributed by atoms with van der Waals surface area (Å²) in [6.07, 6.45) is 0.277. The number of alkyl carbamates (subject to hydrolysis) is 1. The highest BCUT2D eigenvalue weighted by Crippen LogP contribution is 2.29. The zero-order valence-corrected chi connectivity index (χ0v) is 15.6. The first-order chi connectivity index (χ1) is 13.3. The Morgan fingerprint density at radius 1 is 1.43 bits per heavy atom. The van der Waals surface area contributed by atoms with Gasteiger partial charge >= 0.3 is 6.09 Å². The number of halogens is 2. The second kappa shape index (κ2) is 7.99. The smallest absolute Gasteiger partial charge is 0.410 e. The summed E-state index contributed by atoms with van der Waals surface area (Å²) < 4.78 is 23.2. The maximum atomic E-state index is 13.3. The Morgan fingerprint density at radius 3 is 2.86 bits per heavy atom. The molecular formula is C18H17ClFN3O5. The first-order valence-electron chi connectivity index (χ1n) is 8.27. The molecule has 10 heteroatoms. The molecule has 1 aliphatic rings. The number of benzene rings is 1. The molecule has 28 heavy (non-hydrogen) atoms. The van der Waals surface area contributed by atoms with Crippen molar-refractivity contribution in [3.05, 3.63) is 52.9 Å².